The lowest BCUT2D eigenvalue weighted by molar-refractivity contribution is -0.118. The summed E-state index contributed by atoms with van der Waals surface area (Å²) in [7, 11) is 0. The van der Waals surface area contributed by atoms with E-state index >= 15 is 0 Å². The van der Waals surface area contributed by atoms with Gasteiger partial charge >= 0.3 is 0 Å². The summed E-state index contributed by atoms with van der Waals surface area (Å²) in [5.41, 5.74) is 1.62. The molecule has 0 saturated carbocycles. The second kappa shape index (κ2) is 11.3. The predicted octanol–water partition coefficient (Wildman–Crippen LogP) is 3.28. The first-order chi connectivity index (χ1) is 16.5. The monoisotopic (exact) mass is 496 g/mol. The maximum Gasteiger partial charge on any atom is 0.254 e. The quantitative estimate of drug-likeness (QED) is 0.305. The van der Waals surface area contributed by atoms with Crippen LogP contribution < -0.4 is 10.2 Å². The number of carbonyl (C=O) groups excluding carboxylic acids is 2. The van der Waals surface area contributed by atoms with Gasteiger partial charge in [-0.05, 0) is 30.7 Å². The number of amides is 2. The van der Waals surface area contributed by atoms with Crippen LogP contribution in [0.15, 0.2) is 66.1 Å². The molecule has 1 fully saturated rings. The number of aromatic nitrogens is 3. The molecule has 4 rings (SSSR count). The van der Waals surface area contributed by atoms with Gasteiger partial charge in [0, 0.05) is 56.2 Å². The molecule has 8 nitrogen and oxygen atoms in total. The average molecular weight is 497 g/mol. The second-order valence-corrected chi connectivity index (χ2v) is 9.25. The van der Waals surface area contributed by atoms with Crippen molar-refractivity contribution < 1.29 is 9.59 Å². The Labute approximate surface area is 207 Å². The van der Waals surface area contributed by atoms with Crippen LogP contribution in [-0.4, -0.2) is 63.1 Å². The Hall–Kier alpha value is -3.17. The molecule has 2 aromatic heterocycles. The molecule has 1 aromatic carbocycles. The molecular weight excluding hydrogens is 472 g/mol. The summed E-state index contributed by atoms with van der Waals surface area (Å²) in [5, 5.41) is 3.62. The minimum absolute atomic E-state index is 0.00422. The summed E-state index contributed by atoms with van der Waals surface area (Å²) in [4.78, 5) is 42.0. The van der Waals surface area contributed by atoms with Gasteiger partial charge in [0.05, 0.1) is 5.75 Å². The van der Waals surface area contributed by atoms with Crippen LogP contribution in [0.3, 0.4) is 0 Å². The average Bonchev–Trinajstić information content (AvgIpc) is 2.86. The zero-order chi connectivity index (χ0) is 23.9. The molecule has 0 spiro atoms. The van der Waals surface area contributed by atoms with E-state index in [-0.39, 0.29) is 23.6 Å². The topological polar surface area (TPSA) is 91.3 Å². The van der Waals surface area contributed by atoms with E-state index in [0.29, 0.717) is 47.9 Å². The molecular formula is C24H25ClN6O2S. The normalized spacial score (nSPS) is 15.8. The molecule has 176 valence electrons. The molecule has 2 amide bonds. The fourth-order valence-electron chi connectivity index (χ4n) is 3.71. The fraction of sp³-hybridized carbons (Fsp3) is 0.292. The lowest BCUT2D eigenvalue weighted by Gasteiger charge is -2.40. The van der Waals surface area contributed by atoms with Gasteiger partial charge in [0.1, 0.15) is 11.0 Å². The zero-order valence-corrected chi connectivity index (χ0v) is 20.3. The predicted molar refractivity (Wildman–Crippen MR) is 133 cm³/mol. The van der Waals surface area contributed by atoms with Crippen LogP contribution in [0.1, 0.15) is 22.8 Å². The molecule has 1 aliphatic heterocycles. The Morgan fingerprint density at radius 2 is 1.97 bits per heavy atom. The molecule has 0 radical (unpaired) electrons. The SMILES string of the molecule is CC1CN(c2cc(Cl)nc(SCC(=O)NCc3cccnc3)n2)CCN1C(=O)c1ccccc1. The smallest absolute Gasteiger partial charge is 0.254 e. The fourth-order valence-corrected chi connectivity index (χ4v) is 4.62. The number of nitrogens with zero attached hydrogens (tertiary/aromatic N) is 5. The van der Waals surface area contributed by atoms with E-state index in [1.54, 1.807) is 18.5 Å². The maximum atomic E-state index is 12.9. The van der Waals surface area contributed by atoms with E-state index in [2.05, 4.69) is 25.2 Å². The van der Waals surface area contributed by atoms with Gasteiger partial charge in [-0.3, -0.25) is 14.6 Å². The van der Waals surface area contributed by atoms with Crippen molar-refractivity contribution in [3.63, 3.8) is 0 Å². The molecule has 1 unspecified atom stereocenters. The van der Waals surface area contributed by atoms with Crippen molar-refractivity contribution in [1.82, 2.24) is 25.2 Å². The van der Waals surface area contributed by atoms with Gasteiger partial charge in [0.15, 0.2) is 5.16 Å². The number of pyridine rings is 1. The van der Waals surface area contributed by atoms with Crippen LogP contribution in [0.4, 0.5) is 5.82 Å². The summed E-state index contributed by atoms with van der Waals surface area (Å²) in [6.45, 7) is 4.28. The number of hydrogen-bond acceptors (Lipinski definition) is 7. The molecule has 1 aliphatic rings. The van der Waals surface area contributed by atoms with E-state index in [1.165, 1.54) is 11.8 Å². The van der Waals surface area contributed by atoms with Crippen molar-refractivity contribution in [1.29, 1.82) is 0 Å². The molecule has 10 heteroatoms. The highest BCUT2D eigenvalue weighted by molar-refractivity contribution is 7.99. The van der Waals surface area contributed by atoms with Crippen LogP contribution in [0, 0.1) is 0 Å². The molecule has 0 bridgehead atoms. The Bertz CT molecular complexity index is 1130. The molecule has 1 saturated heterocycles. The number of hydrogen-bond donors (Lipinski definition) is 1. The molecule has 3 heterocycles. The Morgan fingerprint density at radius 3 is 2.71 bits per heavy atom. The molecule has 34 heavy (non-hydrogen) atoms. The lowest BCUT2D eigenvalue weighted by Crippen LogP contribution is -2.54. The lowest BCUT2D eigenvalue weighted by atomic mass is 10.1. The number of anilines is 1. The van der Waals surface area contributed by atoms with Crippen LogP contribution in [-0.2, 0) is 11.3 Å². The summed E-state index contributed by atoms with van der Waals surface area (Å²) in [5.74, 6) is 0.773. The van der Waals surface area contributed by atoms with Gasteiger partial charge in [0.25, 0.3) is 5.91 Å². The van der Waals surface area contributed by atoms with Gasteiger partial charge < -0.3 is 15.1 Å². The first-order valence-corrected chi connectivity index (χ1v) is 12.3. The summed E-state index contributed by atoms with van der Waals surface area (Å²) in [6.07, 6.45) is 3.41. The Balaban J connectivity index is 1.34. The third-order valence-electron chi connectivity index (χ3n) is 5.44. The third-order valence-corrected chi connectivity index (χ3v) is 6.48. The number of rotatable bonds is 7. The van der Waals surface area contributed by atoms with E-state index in [0.717, 1.165) is 5.56 Å². The van der Waals surface area contributed by atoms with Gasteiger partial charge in [-0.2, -0.15) is 0 Å². The van der Waals surface area contributed by atoms with E-state index < -0.39 is 0 Å². The highest BCUT2D eigenvalue weighted by Crippen LogP contribution is 2.24. The number of piperazine rings is 1. The van der Waals surface area contributed by atoms with Gasteiger partial charge in [0.2, 0.25) is 5.91 Å². The second-order valence-electron chi connectivity index (χ2n) is 7.92. The van der Waals surface area contributed by atoms with Crippen LogP contribution in [0.5, 0.6) is 0 Å². The van der Waals surface area contributed by atoms with Gasteiger partial charge in [-0.1, -0.05) is 47.6 Å². The Kier molecular flexibility index (Phi) is 7.97. The minimum atomic E-state index is -0.124. The number of benzene rings is 1. The summed E-state index contributed by atoms with van der Waals surface area (Å²) >= 11 is 7.49. The van der Waals surface area contributed by atoms with Crippen molar-refractivity contribution in [2.24, 2.45) is 0 Å². The first kappa shape index (κ1) is 24.0. The largest absolute Gasteiger partial charge is 0.353 e. The maximum absolute atomic E-state index is 12.9. The first-order valence-electron chi connectivity index (χ1n) is 10.9. The standard InChI is InChI=1S/C24H25ClN6O2S/c1-17-15-30(10-11-31(17)23(33)19-7-3-2-4-8-19)21-12-20(25)28-24(29-21)34-16-22(32)27-14-18-6-5-9-26-13-18/h2-9,12-13,17H,10-11,14-16H2,1H3,(H,27,32). The van der Waals surface area contributed by atoms with Crippen molar-refractivity contribution in [3.05, 3.63) is 77.2 Å². The van der Waals surface area contributed by atoms with Crippen molar-refractivity contribution in [2.75, 3.05) is 30.3 Å². The highest BCUT2D eigenvalue weighted by Gasteiger charge is 2.29. The number of carbonyl (C=O) groups is 2. The highest BCUT2D eigenvalue weighted by atomic mass is 35.5. The molecule has 1 atom stereocenters. The van der Waals surface area contributed by atoms with Crippen molar-refractivity contribution in [2.45, 2.75) is 24.7 Å². The molecule has 3 aromatic rings. The van der Waals surface area contributed by atoms with Crippen LogP contribution >= 0.6 is 23.4 Å². The van der Waals surface area contributed by atoms with Crippen molar-refractivity contribution >= 4 is 41.0 Å². The molecule has 1 N–H and O–H groups in total. The number of halogens is 1. The van der Waals surface area contributed by atoms with Gasteiger partial charge in [-0.25, -0.2) is 9.97 Å². The minimum Gasteiger partial charge on any atom is -0.353 e. The van der Waals surface area contributed by atoms with E-state index in [9.17, 15) is 9.59 Å². The van der Waals surface area contributed by atoms with Gasteiger partial charge in [-0.15, -0.1) is 0 Å². The Morgan fingerprint density at radius 1 is 1.15 bits per heavy atom. The molecule has 0 aliphatic carbocycles. The van der Waals surface area contributed by atoms with Crippen molar-refractivity contribution in [3.8, 4) is 0 Å². The van der Waals surface area contributed by atoms with E-state index in [1.807, 2.05) is 54.3 Å². The summed E-state index contributed by atoms with van der Waals surface area (Å²) < 4.78 is 0. The number of nitrogens with one attached hydrogen (secondary N) is 1. The van der Waals surface area contributed by atoms with Crippen LogP contribution in [0.2, 0.25) is 5.15 Å². The van der Waals surface area contributed by atoms with E-state index in [4.69, 9.17) is 11.6 Å². The number of thioether (sulfide) groups is 1. The zero-order valence-electron chi connectivity index (χ0n) is 18.7. The summed E-state index contributed by atoms with van der Waals surface area (Å²) in [6, 6.07) is 14.8. The van der Waals surface area contributed by atoms with Crippen LogP contribution in [0.25, 0.3) is 0 Å². The third kappa shape index (κ3) is 6.24.